The number of nitrogens with two attached hydrogens (primary N) is 1. The first-order valence-electron chi connectivity index (χ1n) is 8.98. The number of nitro groups is 1. The van der Waals surface area contributed by atoms with Crippen LogP contribution in [-0.4, -0.2) is 52.3 Å². The molecule has 13 heteroatoms. The van der Waals surface area contributed by atoms with E-state index in [1.807, 2.05) is 0 Å². The molecule has 0 bridgehead atoms. The van der Waals surface area contributed by atoms with Gasteiger partial charge in [0.25, 0.3) is 11.6 Å². The van der Waals surface area contributed by atoms with Crippen LogP contribution in [0.5, 0.6) is 0 Å². The van der Waals surface area contributed by atoms with E-state index in [0.29, 0.717) is 0 Å². The number of sulfonamides is 1. The van der Waals surface area contributed by atoms with Gasteiger partial charge in [0.1, 0.15) is 5.69 Å². The first-order valence-corrected chi connectivity index (χ1v) is 10.4. The number of nitro benzene ring substituents is 1. The number of rotatable bonds is 6. The Labute approximate surface area is 171 Å². The van der Waals surface area contributed by atoms with Crippen molar-refractivity contribution in [1.29, 1.82) is 0 Å². The Morgan fingerprint density at radius 1 is 1.23 bits per heavy atom. The Hall–Kier alpha value is -3.32. The van der Waals surface area contributed by atoms with E-state index in [4.69, 9.17) is 5.73 Å². The molecule has 2 aromatic rings. The maximum absolute atomic E-state index is 12.8. The van der Waals surface area contributed by atoms with E-state index in [-0.39, 0.29) is 53.8 Å². The zero-order valence-electron chi connectivity index (χ0n) is 16.0. The van der Waals surface area contributed by atoms with Crippen LogP contribution in [0, 0.1) is 16.0 Å². The van der Waals surface area contributed by atoms with Crippen LogP contribution in [0.2, 0.25) is 0 Å². The smallest absolute Gasteiger partial charge is 0.269 e. The lowest BCUT2D eigenvalue weighted by molar-refractivity contribution is -0.384. The molecule has 0 radical (unpaired) electrons. The number of benzene rings is 1. The molecular formula is C17H20N6O6S. The molecule has 0 unspecified atom stereocenters. The van der Waals surface area contributed by atoms with Crippen molar-refractivity contribution in [2.24, 2.45) is 18.7 Å². The number of nitrogens with zero attached hydrogens (tertiary/aromatic N) is 4. The predicted molar refractivity (Wildman–Crippen MR) is 105 cm³/mol. The molecule has 0 aliphatic carbocycles. The quantitative estimate of drug-likeness (QED) is 0.489. The third-order valence-electron chi connectivity index (χ3n) is 4.94. The second kappa shape index (κ2) is 8.20. The van der Waals surface area contributed by atoms with E-state index in [9.17, 15) is 28.1 Å². The van der Waals surface area contributed by atoms with Gasteiger partial charge >= 0.3 is 0 Å². The third kappa shape index (κ3) is 4.16. The van der Waals surface area contributed by atoms with Crippen LogP contribution in [-0.2, 0) is 21.9 Å². The molecular weight excluding hydrogens is 416 g/mol. The summed E-state index contributed by atoms with van der Waals surface area (Å²) in [6.07, 6.45) is 1.89. The van der Waals surface area contributed by atoms with Crippen LogP contribution in [0.3, 0.4) is 0 Å². The monoisotopic (exact) mass is 436 g/mol. The number of carbonyl (C=O) groups is 2. The van der Waals surface area contributed by atoms with Crippen LogP contribution in [0.25, 0.3) is 0 Å². The number of carbonyl (C=O) groups excluding carboxylic acids is 2. The van der Waals surface area contributed by atoms with Crippen molar-refractivity contribution in [3.63, 3.8) is 0 Å². The number of non-ortho nitro benzene ring substituents is 1. The van der Waals surface area contributed by atoms with Crippen LogP contribution in [0.15, 0.2) is 35.4 Å². The molecule has 1 aliphatic rings. The zero-order valence-corrected chi connectivity index (χ0v) is 16.8. The minimum absolute atomic E-state index is 0.0440. The number of piperidine rings is 1. The predicted octanol–water partition coefficient (Wildman–Crippen LogP) is 0.467. The standard InChI is InChI=1S/C17H20N6O6S/c1-21-15(16(18)24)14(10-19-21)20-17(25)11-6-8-22(9-7-11)30(28,29)13-4-2-12(3-5-13)23(26)27/h2-5,10-11H,6-9H2,1H3,(H2,18,24)(H,20,25). The van der Waals surface area contributed by atoms with Gasteiger partial charge < -0.3 is 11.1 Å². The second-order valence-corrected chi connectivity index (χ2v) is 8.75. The highest BCUT2D eigenvalue weighted by Gasteiger charge is 2.33. The van der Waals surface area contributed by atoms with Gasteiger partial charge in [-0.25, -0.2) is 8.42 Å². The first-order chi connectivity index (χ1) is 14.1. The summed E-state index contributed by atoms with van der Waals surface area (Å²) in [5, 5.41) is 17.3. The Bertz CT molecular complexity index is 1090. The molecule has 30 heavy (non-hydrogen) atoms. The molecule has 1 aliphatic heterocycles. The van der Waals surface area contributed by atoms with Crippen molar-refractivity contribution in [3.05, 3.63) is 46.3 Å². The van der Waals surface area contributed by atoms with Gasteiger partial charge in [-0.1, -0.05) is 0 Å². The number of hydrogen-bond donors (Lipinski definition) is 2. The number of nitrogens with one attached hydrogen (secondary N) is 1. The van der Waals surface area contributed by atoms with Gasteiger partial charge in [-0.15, -0.1) is 0 Å². The molecule has 3 rings (SSSR count). The molecule has 1 fully saturated rings. The molecule has 2 heterocycles. The van der Waals surface area contributed by atoms with E-state index in [0.717, 1.165) is 12.1 Å². The molecule has 0 spiro atoms. The number of aromatic nitrogens is 2. The number of primary amides is 1. The second-order valence-electron chi connectivity index (χ2n) is 6.81. The molecule has 2 amide bonds. The van der Waals surface area contributed by atoms with E-state index in [1.165, 1.54) is 34.4 Å². The Kier molecular flexibility index (Phi) is 5.85. The van der Waals surface area contributed by atoms with Crippen LogP contribution < -0.4 is 11.1 Å². The zero-order chi connectivity index (χ0) is 22.1. The van der Waals surface area contributed by atoms with Crippen molar-refractivity contribution < 1.29 is 22.9 Å². The molecule has 12 nitrogen and oxygen atoms in total. The highest BCUT2D eigenvalue weighted by Crippen LogP contribution is 2.26. The maximum Gasteiger partial charge on any atom is 0.269 e. The van der Waals surface area contributed by atoms with Crippen molar-refractivity contribution in [3.8, 4) is 0 Å². The summed E-state index contributed by atoms with van der Waals surface area (Å²) >= 11 is 0. The lowest BCUT2D eigenvalue weighted by Crippen LogP contribution is -2.41. The number of aryl methyl sites for hydroxylation is 1. The average molecular weight is 436 g/mol. The SMILES string of the molecule is Cn1ncc(NC(=O)C2CCN(S(=O)(=O)c3ccc([N+](=O)[O-])cc3)CC2)c1C(N)=O. The van der Waals surface area contributed by atoms with Gasteiger partial charge in [-0.3, -0.25) is 24.4 Å². The van der Waals surface area contributed by atoms with Gasteiger partial charge in [-0.2, -0.15) is 9.40 Å². The van der Waals surface area contributed by atoms with E-state index >= 15 is 0 Å². The van der Waals surface area contributed by atoms with Gasteiger partial charge in [0, 0.05) is 38.2 Å². The minimum atomic E-state index is -3.82. The minimum Gasteiger partial charge on any atom is -0.364 e. The average Bonchev–Trinajstić information content (AvgIpc) is 3.08. The largest absolute Gasteiger partial charge is 0.364 e. The summed E-state index contributed by atoms with van der Waals surface area (Å²) in [5.41, 5.74) is 5.38. The third-order valence-corrected chi connectivity index (χ3v) is 6.85. The summed E-state index contributed by atoms with van der Waals surface area (Å²) in [4.78, 5) is 34.1. The molecule has 1 aromatic carbocycles. The Morgan fingerprint density at radius 3 is 2.37 bits per heavy atom. The number of anilines is 1. The van der Waals surface area contributed by atoms with E-state index in [2.05, 4.69) is 10.4 Å². The van der Waals surface area contributed by atoms with Crippen LogP contribution >= 0.6 is 0 Å². The van der Waals surface area contributed by atoms with E-state index in [1.54, 1.807) is 0 Å². The summed E-state index contributed by atoms with van der Waals surface area (Å²) < 4.78 is 28.0. The lowest BCUT2D eigenvalue weighted by Gasteiger charge is -2.30. The van der Waals surface area contributed by atoms with Gasteiger partial charge in [-0.05, 0) is 25.0 Å². The van der Waals surface area contributed by atoms with Crippen molar-refractivity contribution in [1.82, 2.24) is 14.1 Å². The van der Waals surface area contributed by atoms with E-state index < -0.39 is 26.8 Å². The highest BCUT2D eigenvalue weighted by molar-refractivity contribution is 7.89. The first kappa shape index (κ1) is 21.4. The molecule has 0 saturated carbocycles. The summed E-state index contributed by atoms with van der Waals surface area (Å²) in [6.45, 7) is 0.236. The topological polar surface area (TPSA) is 171 Å². The number of hydrogen-bond acceptors (Lipinski definition) is 7. The fourth-order valence-electron chi connectivity index (χ4n) is 3.30. The molecule has 1 aromatic heterocycles. The Balaban J connectivity index is 1.64. The molecule has 160 valence electrons. The fraction of sp³-hybridized carbons (Fsp3) is 0.353. The van der Waals surface area contributed by atoms with Gasteiger partial charge in [0.2, 0.25) is 15.9 Å². The van der Waals surface area contributed by atoms with Crippen LogP contribution in [0.1, 0.15) is 23.3 Å². The molecule has 0 atom stereocenters. The van der Waals surface area contributed by atoms with Crippen molar-refractivity contribution in [2.45, 2.75) is 17.7 Å². The maximum atomic E-state index is 12.8. The highest BCUT2D eigenvalue weighted by atomic mass is 32.2. The summed E-state index contributed by atoms with van der Waals surface area (Å²) in [7, 11) is -2.30. The molecule has 1 saturated heterocycles. The number of amides is 2. The van der Waals surface area contributed by atoms with Gasteiger partial charge in [0.15, 0.2) is 0 Å². The van der Waals surface area contributed by atoms with Crippen molar-refractivity contribution in [2.75, 3.05) is 18.4 Å². The van der Waals surface area contributed by atoms with Crippen molar-refractivity contribution >= 4 is 33.2 Å². The fourth-order valence-corrected chi connectivity index (χ4v) is 4.77. The summed E-state index contributed by atoms with van der Waals surface area (Å²) in [6, 6.07) is 4.66. The summed E-state index contributed by atoms with van der Waals surface area (Å²) in [5.74, 6) is -1.53. The normalized spacial score (nSPS) is 15.6. The van der Waals surface area contributed by atoms with Gasteiger partial charge in [0.05, 0.1) is 21.7 Å². The van der Waals surface area contributed by atoms with Crippen LogP contribution in [0.4, 0.5) is 11.4 Å². The lowest BCUT2D eigenvalue weighted by atomic mass is 9.97. The Morgan fingerprint density at radius 2 is 1.83 bits per heavy atom. The molecule has 3 N–H and O–H groups in total.